The number of carbonyl (C=O) groups is 1. The number of fused-ring (bicyclic) bond motifs is 1. The molecule has 122 valence electrons. The van der Waals surface area contributed by atoms with Gasteiger partial charge in [-0.1, -0.05) is 22.0 Å². The van der Waals surface area contributed by atoms with Gasteiger partial charge in [0.05, 0.1) is 10.6 Å². The zero-order valence-corrected chi connectivity index (χ0v) is 15.8. The normalized spacial score (nSPS) is 14.1. The molecule has 2 heterocycles. The zero-order valence-electron chi connectivity index (χ0n) is 13.4. The minimum atomic E-state index is -0.0963. The molecule has 1 N–H and O–H groups in total. The van der Waals surface area contributed by atoms with E-state index in [0.717, 1.165) is 37.5 Å². The summed E-state index contributed by atoms with van der Waals surface area (Å²) in [5.41, 5.74) is 2.70. The first-order chi connectivity index (χ1) is 11.5. The number of nitrogens with zero attached hydrogens (tertiary/aromatic N) is 2. The predicted octanol–water partition coefficient (Wildman–Crippen LogP) is 5.20. The SMILES string of the molecule is Cc1nc(C2CC2)nc2sc(C(=O)Nc3cccc(Br)c3)c(C)c12. The Kier molecular flexibility index (Phi) is 3.89. The Morgan fingerprint density at radius 1 is 1.29 bits per heavy atom. The molecule has 0 unspecified atom stereocenters. The summed E-state index contributed by atoms with van der Waals surface area (Å²) in [6, 6.07) is 7.59. The van der Waals surface area contributed by atoms with Crippen molar-refractivity contribution in [1.29, 1.82) is 0 Å². The Hall–Kier alpha value is -1.79. The van der Waals surface area contributed by atoms with Crippen LogP contribution < -0.4 is 5.32 Å². The number of carbonyl (C=O) groups excluding carboxylic acids is 1. The van der Waals surface area contributed by atoms with Crippen LogP contribution in [0, 0.1) is 13.8 Å². The van der Waals surface area contributed by atoms with Gasteiger partial charge in [0, 0.05) is 21.5 Å². The molecule has 1 aliphatic carbocycles. The van der Waals surface area contributed by atoms with E-state index in [4.69, 9.17) is 4.98 Å². The van der Waals surface area contributed by atoms with Crippen molar-refractivity contribution in [2.75, 3.05) is 5.32 Å². The molecule has 2 aromatic heterocycles. The molecule has 0 saturated heterocycles. The van der Waals surface area contributed by atoms with Crippen LogP contribution in [0.3, 0.4) is 0 Å². The molecule has 0 atom stereocenters. The number of benzene rings is 1. The summed E-state index contributed by atoms with van der Waals surface area (Å²) in [6.07, 6.45) is 2.34. The van der Waals surface area contributed by atoms with Crippen LogP contribution in [0.1, 0.15) is 45.5 Å². The van der Waals surface area contributed by atoms with Gasteiger partial charge in [0.2, 0.25) is 0 Å². The van der Waals surface area contributed by atoms with Crippen LogP contribution in [0.15, 0.2) is 28.7 Å². The van der Waals surface area contributed by atoms with Gasteiger partial charge < -0.3 is 5.32 Å². The van der Waals surface area contributed by atoms with Crippen molar-refractivity contribution in [2.24, 2.45) is 0 Å². The highest BCUT2D eigenvalue weighted by Gasteiger charge is 2.28. The van der Waals surface area contributed by atoms with Gasteiger partial charge in [0.25, 0.3) is 5.91 Å². The summed E-state index contributed by atoms with van der Waals surface area (Å²) in [7, 11) is 0. The summed E-state index contributed by atoms with van der Waals surface area (Å²) in [5.74, 6) is 1.34. The third-order valence-corrected chi connectivity index (χ3v) is 5.90. The van der Waals surface area contributed by atoms with Crippen LogP contribution in [0.5, 0.6) is 0 Å². The number of anilines is 1. The topological polar surface area (TPSA) is 54.9 Å². The standard InChI is InChI=1S/C18H16BrN3OS/c1-9-14-10(2)20-16(11-6-7-11)22-18(14)24-15(9)17(23)21-13-5-3-4-12(19)8-13/h3-5,8,11H,6-7H2,1-2H3,(H,21,23). The van der Waals surface area contributed by atoms with Crippen molar-refractivity contribution >= 4 is 49.1 Å². The molecule has 1 fully saturated rings. The first-order valence-electron chi connectivity index (χ1n) is 7.87. The maximum Gasteiger partial charge on any atom is 0.266 e. The third kappa shape index (κ3) is 2.84. The first-order valence-corrected chi connectivity index (χ1v) is 9.48. The molecule has 0 bridgehead atoms. The van der Waals surface area contributed by atoms with Crippen molar-refractivity contribution in [1.82, 2.24) is 9.97 Å². The lowest BCUT2D eigenvalue weighted by Crippen LogP contribution is -2.11. The quantitative estimate of drug-likeness (QED) is 0.655. The molecular formula is C18H16BrN3OS. The molecule has 0 aliphatic heterocycles. The maximum absolute atomic E-state index is 12.7. The minimum absolute atomic E-state index is 0.0963. The van der Waals surface area contributed by atoms with E-state index in [9.17, 15) is 4.79 Å². The van der Waals surface area contributed by atoms with E-state index in [2.05, 4.69) is 26.2 Å². The van der Waals surface area contributed by atoms with Gasteiger partial charge in [0.15, 0.2) is 0 Å². The number of aromatic nitrogens is 2. The molecule has 0 radical (unpaired) electrons. The second-order valence-electron chi connectivity index (χ2n) is 6.14. The van der Waals surface area contributed by atoms with Gasteiger partial charge in [-0.05, 0) is 50.5 Å². The Morgan fingerprint density at radius 3 is 2.79 bits per heavy atom. The molecular weight excluding hydrogens is 386 g/mol. The number of rotatable bonds is 3. The van der Waals surface area contributed by atoms with Crippen molar-refractivity contribution in [2.45, 2.75) is 32.6 Å². The number of thiophene rings is 1. The van der Waals surface area contributed by atoms with Crippen LogP contribution in [-0.4, -0.2) is 15.9 Å². The third-order valence-electron chi connectivity index (χ3n) is 4.22. The molecule has 6 heteroatoms. The maximum atomic E-state index is 12.7. The monoisotopic (exact) mass is 401 g/mol. The first kappa shape index (κ1) is 15.7. The van der Waals surface area contributed by atoms with E-state index in [-0.39, 0.29) is 5.91 Å². The number of aryl methyl sites for hydroxylation is 2. The van der Waals surface area contributed by atoms with E-state index < -0.39 is 0 Å². The number of hydrogen-bond acceptors (Lipinski definition) is 4. The smallest absolute Gasteiger partial charge is 0.266 e. The van der Waals surface area contributed by atoms with Gasteiger partial charge in [-0.3, -0.25) is 4.79 Å². The van der Waals surface area contributed by atoms with E-state index in [1.807, 2.05) is 38.1 Å². The van der Waals surface area contributed by atoms with Gasteiger partial charge >= 0.3 is 0 Å². The summed E-state index contributed by atoms with van der Waals surface area (Å²) < 4.78 is 0.934. The number of halogens is 1. The zero-order chi connectivity index (χ0) is 16.8. The predicted molar refractivity (Wildman–Crippen MR) is 101 cm³/mol. The van der Waals surface area contributed by atoms with E-state index in [1.54, 1.807) is 0 Å². The fourth-order valence-corrected chi connectivity index (χ4v) is 4.39. The lowest BCUT2D eigenvalue weighted by molar-refractivity contribution is 0.103. The molecule has 24 heavy (non-hydrogen) atoms. The van der Waals surface area contributed by atoms with Gasteiger partial charge in [-0.15, -0.1) is 11.3 Å². The van der Waals surface area contributed by atoms with Gasteiger partial charge in [-0.2, -0.15) is 0 Å². The molecule has 1 amide bonds. The fraction of sp³-hybridized carbons (Fsp3) is 0.278. The average molecular weight is 402 g/mol. The number of nitrogens with one attached hydrogen (secondary N) is 1. The molecule has 0 spiro atoms. The lowest BCUT2D eigenvalue weighted by Gasteiger charge is -2.05. The van der Waals surface area contributed by atoms with E-state index in [1.165, 1.54) is 24.2 Å². The highest BCUT2D eigenvalue weighted by molar-refractivity contribution is 9.10. The Balaban J connectivity index is 1.72. The van der Waals surface area contributed by atoms with Crippen molar-refractivity contribution in [3.63, 3.8) is 0 Å². The average Bonchev–Trinajstić information content (AvgIpc) is 3.31. The summed E-state index contributed by atoms with van der Waals surface area (Å²) >= 11 is 4.87. The van der Waals surface area contributed by atoms with Crippen molar-refractivity contribution < 1.29 is 4.79 Å². The van der Waals surface area contributed by atoms with Crippen LogP contribution in [-0.2, 0) is 0 Å². The molecule has 1 aromatic carbocycles. The molecule has 4 nitrogen and oxygen atoms in total. The highest BCUT2D eigenvalue weighted by atomic mass is 79.9. The lowest BCUT2D eigenvalue weighted by atomic mass is 10.1. The second kappa shape index (κ2) is 5.93. The Morgan fingerprint density at radius 2 is 2.08 bits per heavy atom. The van der Waals surface area contributed by atoms with Crippen molar-refractivity contribution in [3.8, 4) is 0 Å². The van der Waals surface area contributed by atoms with Crippen molar-refractivity contribution in [3.05, 3.63) is 50.7 Å². The largest absolute Gasteiger partial charge is 0.321 e. The summed E-state index contributed by atoms with van der Waals surface area (Å²) in [6.45, 7) is 3.98. The summed E-state index contributed by atoms with van der Waals surface area (Å²) in [5, 5.41) is 3.98. The Labute approximate surface area is 152 Å². The van der Waals surface area contributed by atoms with E-state index in [0.29, 0.717) is 10.8 Å². The highest BCUT2D eigenvalue weighted by Crippen LogP contribution is 2.40. The fourth-order valence-electron chi connectivity index (χ4n) is 2.85. The molecule has 4 rings (SSSR count). The van der Waals surface area contributed by atoms with Crippen LogP contribution in [0.25, 0.3) is 10.2 Å². The number of hydrogen-bond donors (Lipinski definition) is 1. The summed E-state index contributed by atoms with van der Waals surface area (Å²) in [4.78, 5) is 23.7. The second-order valence-corrected chi connectivity index (χ2v) is 8.06. The minimum Gasteiger partial charge on any atom is -0.321 e. The van der Waals surface area contributed by atoms with Crippen LogP contribution in [0.2, 0.25) is 0 Å². The Bertz CT molecular complexity index is 962. The van der Waals surface area contributed by atoms with Gasteiger partial charge in [-0.25, -0.2) is 9.97 Å². The van der Waals surface area contributed by atoms with Crippen LogP contribution in [0.4, 0.5) is 5.69 Å². The number of amides is 1. The molecule has 3 aromatic rings. The van der Waals surface area contributed by atoms with Gasteiger partial charge in [0.1, 0.15) is 10.7 Å². The van der Waals surface area contributed by atoms with Crippen LogP contribution >= 0.6 is 27.3 Å². The van der Waals surface area contributed by atoms with E-state index >= 15 is 0 Å². The molecule has 1 aliphatic rings. The molecule has 1 saturated carbocycles.